The highest BCUT2D eigenvalue weighted by Gasteiger charge is 2.14. The van der Waals surface area contributed by atoms with Gasteiger partial charge in [0.25, 0.3) is 0 Å². The number of nitrogens with zero attached hydrogens (tertiary/aromatic N) is 1. The average Bonchev–Trinajstić information content (AvgIpc) is 3.20. The van der Waals surface area contributed by atoms with E-state index < -0.39 is 0 Å². The summed E-state index contributed by atoms with van der Waals surface area (Å²) in [5.41, 5.74) is 8.26. The maximum atomic E-state index is 2.37. The Morgan fingerprint density at radius 3 is 1.47 bits per heavy atom. The Morgan fingerprint density at radius 1 is 0.235 bits per heavy atom. The molecule has 0 unspecified atom stereocenters. The van der Waals surface area contributed by atoms with Crippen LogP contribution in [0.3, 0.4) is 0 Å². The zero-order valence-electron chi connectivity index (χ0n) is 28.0. The predicted molar refractivity (Wildman–Crippen MR) is 220 cm³/mol. The molecule has 1 heteroatoms. The summed E-state index contributed by atoms with van der Waals surface area (Å²) in [7, 11) is 0. The quantitative estimate of drug-likeness (QED) is 0.168. The SMILES string of the molecule is c1ccc(N(c2ccc(-c3ccc4ccccc4c3)cc2)c2ccc3cc(-c4ccc5ccc6ccc7ccccc7c6c5c4)ccc3c2)cc1. The second kappa shape index (κ2) is 12.0. The molecular weight excluding hydrogens is 615 g/mol. The number of rotatable bonds is 5. The summed E-state index contributed by atoms with van der Waals surface area (Å²) < 4.78 is 0. The van der Waals surface area contributed by atoms with Crippen LogP contribution in [-0.4, -0.2) is 0 Å². The van der Waals surface area contributed by atoms with Crippen LogP contribution in [0.25, 0.3) is 76.1 Å². The summed E-state index contributed by atoms with van der Waals surface area (Å²) in [5.74, 6) is 0. The van der Waals surface area contributed by atoms with Crippen molar-refractivity contribution < 1.29 is 0 Å². The van der Waals surface area contributed by atoms with Crippen LogP contribution in [0.2, 0.25) is 0 Å². The van der Waals surface area contributed by atoms with Crippen LogP contribution in [0, 0.1) is 0 Å². The second-order valence-corrected chi connectivity index (χ2v) is 13.4. The molecule has 0 fully saturated rings. The molecule has 0 spiro atoms. The zero-order chi connectivity index (χ0) is 33.7. The largest absolute Gasteiger partial charge is 0.310 e. The average molecular weight is 648 g/mol. The second-order valence-electron chi connectivity index (χ2n) is 13.4. The van der Waals surface area contributed by atoms with Gasteiger partial charge in [0.1, 0.15) is 0 Å². The van der Waals surface area contributed by atoms with E-state index in [9.17, 15) is 0 Å². The van der Waals surface area contributed by atoms with Crippen molar-refractivity contribution >= 4 is 70.9 Å². The van der Waals surface area contributed by atoms with Gasteiger partial charge in [-0.1, -0.05) is 146 Å². The Balaban J connectivity index is 1.03. The number of hydrogen-bond donors (Lipinski definition) is 0. The molecule has 0 saturated heterocycles. The van der Waals surface area contributed by atoms with Gasteiger partial charge >= 0.3 is 0 Å². The molecule has 0 aliphatic rings. The first-order valence-electron chi connectivity index (χ1n) is 17.6. The Morgan fingerprint density at radius 2 is 0.686 bits per heavy atom. The Labute approximate surface area is 297 Å². The summed E-state index contributed by atoms with van der Waals surface area (Å²) in [5, 5.41) is 12.7. The smallest absolute Gasteiger partial charge is 0.0468 e. The summed E-state index contributed by atoms with van der Waals surface area (Å²) in [4.78, 5) is 2.34. The van der Waals surface area contributed by atoms with Crippen LogP contribution >= 0.6 is 0 Å². The normalized spacial score (nSPS) is 11.5. The van der Waals surface area contributed by atoms with Crippen molar-refractivity contribution in [3.05, 3.63) is 200 Å². The van der Waals surface area contributed by atoms with Gasteiger partial charge in [-0.3, -0.25) is 0 Å². The minimum absolute atomic E-state index is 1.12. The van der Waals surface area contributed by atoms with Crippen LogP contribution in [-0.2, 0) is 0 Å². The lowest BCUT2D eigenvalue weighted by molar-refractivity contribution is 1.29. The number of anilines is 3. The number of hydrogen-bond acceptors (Lipinski definition) is 1. The van der Waals surface area contributed by atoms with Crippen molar-refractivity contribution in [2.24, 2.45) is 0 Å². The van der Waals surface area contributed by atoms with Gasteiger partial charge < -0.3 is 4.90 Å². The molecule has 0 aliphatic carbocycles. The van der Waals surface area contributed by atoms with Crippen molar-refractivity contribution in [2.45, 2.75) is 0 Å². The van der Waals surface area contributed by atoms with Gasteiger partial charge in [0, 0.05) is 17.1 Å². The van der Waals surface area contributed by atoms with Crippen LogP contribution in [0.4, 0.5) is 17.1 Å². The van der Waals surface area contributed by atoms with Crippen LogP contribution in [0.5, 0.6) is 0 Å². The third kappa shape index (κ3) is 5.19. The standard InChI is InChI=1S/C50H33N/c1-2-11-45(12-3-1)51(46-27-24-35(25-28-46)40-20-14-34-8-4-5-10-39(34)30-40)47-29-26-42-31-41(22-23-43(42)32-47)44-21-17-37-16-19-38-18-15-36-9-6-7-13-48(36)50(38)49(37)33-44/h1-33H. The number of fused-ring (bicyclic) bond motifs is 7. The molecule has 51 heavy (non-hydrogen) atoms. The van der Waals surface area contributed by atoms with Gasteiger partial charge in [0.2, 0.25) is 0 Å². The predicted octanol–water partition coefficient (Wildman–Crippen LogP) is 14.3. The van der Waals surface area contributed by atoms with E-state index in [4.69, 9.17) is 0 Å². The highest BCUT2D eigenvalue weighted by atomic mass is 15.1. The van der Waals surface area contributed by atoms with E-state index in [-0.39, 0.29) is 0 Å². The Hall–Kier alpha value is -6.70. The zero-order valence-corrected chi connectivity index (χ0v) is 28.0. The first-order chi connectivity index (χ1) is 25.2. The molecule has 0 heterocycles. The Kier molecular flexibility index (Phi) is 6.89. The lowest BCUT2D eigenvalue weighted by Crippen LogP contribution is -2.09. The van der Waals surface area contributed by atoms with Crippen molar-refractivity contribution in [1.82, 2.24) is 0 Å². The third-order valence-corrected chi connectivity index (χ3v) is 10.4. The van der Waals surface area contributed by atoms with Gasteiger partial charge in [-0.15, -0.1) is 0 Å². The fourth-order valence-corrected chi connectivity index (χ4v) is 7.75. The minimum atomic E-state index is 1.12. The van der Waals surface area contributed by atoms with Crippen LogP contribution in [0.1, 0.15) is 0 Å². The molecular formula is C50H33N. The van der Waals surface area contributed by atoms with Crippen molar-refractivity contribution in [3.63, 3.8) is 0 Å². The monoisotopic (exact) mass is 647 g/mol. The topological polar surface area (TPSA) is 3.24 Å². The fourth-order valence-electron chi connectivity index (χ4n) is 7.75. The first kappa shape index (κ1) is 29.2. The maximum Gasteiger partial charge on any atom is 0.0468 e. The first-order valence-corrected chi connectivity index (χ1v) is 17.6. The maximum absolute atomic E-state index is 2.37. The van der Waals surface area contributed by atoms with Crippen molar-refractivity contribution in [2.75, 3.05) is 4.90 Å². The molecule has 0 N–H and O–H groups in total. The third-order valence-electron chi connectivity index (χ3n) is 10.4. The Bertz CT molecular complexity index is 2900. The summed E-state index contributed by atoms with van der Waals surface area (Å²) in [6, 6.07) is 73.1. The van der Waals surface area contributed by atoms with Gasteiger partial charge in [-0.25, -0.2) is 0 Å². The van der Waals surface area contributed by atoms with E-state index >= 15 is 0 Å². The van der Waals surface area contributed by atoms with Crippen molar-refractivity contribution in [3.8, 4) is 22.3 Å². The van der Waals surface area contributed by atoms with E-state index in [1.807, 2.05) is 0 Å². The molecule has 0 aliphatic heterocycles. The highest BCUT2D eigenvalue weighted by Crippen LogP contribution is 2.39. The van der Waals surface area contributed by atoms with Gasteiger partial charge in [-0.05, 0) is 131 Å². The molecule has 0 atom stereocenters. The van der Waals surface area contributed by atoms with E-state index in [1.54, 1.807) is 0 Å². The molecule has 0 bridgehead atoms. The molecule has 10 aromatic carbocycles. The number of para-hydroxylation sites is 1. The van der Waals surface area contributed by atoms with E-state index in [2.05, 4.69) is 205 Å². The van der Waals surface area contributed by atoms with Crippen molar-refractivity contribution in [1.29, 1.82) is 0 Å². The van der Waals surface area contributed by atoms with Crippen LogP contribution in [0.15, 0.2) is 200 Å². The van der Waals surface area contributed by atoms with E-state index in [0.717, 1.165) is 17.1 Å². The van der Waals surface area contributed by atoms with Gasteiger partial charge in [0.05, 0.1) is 0 Å². The summed E-state index contributed by atoms with van der Waals surface area (Å²) in [6.45, 7) is 0. The fraction of sp³-hybridized carbons (Fsp3) is 0. The molecule has 0 aromatic heterocycles. The molecule has 0 radical (unpaired) electrons. The van der Waals surface area contributed by atoms with Gasteiger partial charge in [0.15, 0.2) is 0 Å². The molecule has 0 amide bonds. The molecule has 238 valence electrons. The van der Waals surface area contributed by atoms with E-state index in [1.165, 1.54) is 76.1 Å². The summed E-state index contributed by atoms with van der Waals surface area (Å²) in [6.07, 6.45) is 0. The lowest BCUT2D eigenvalue weighted by Gasteiger charge is -2.26. The minimum Gasteiger partial charge on any atom is -0.310 e. The summed E-state index contributed by atoms with van der Waals surface area (Å²) >= 11 is 0. The van der Waals surface area contributed by atoms with E-state index in [0.29, 0.717) is 0 Å². The lowest BCUT2D eigenvalue weighted by atomic mass is 9.93. The molecule has 1 nitrogen and oxygen atoms in total. The van der Waals surface area contributed by atoms with Crippen LogP contribution < -0.4 is 4.90 Å². The van der Waals surface area contributed by atoms with Gasteiger partial charge in [-0.2, -0.15) is 0 Å². The molecule has 0 saturated carbocycles. The molecule has 10 rings (SSSR count). The highest BCUT2D eigenvalue weighted by molar-refractivity contribution is 6.20. The number of benzene rings is 10. The molecule has 10 aromatic rings.